The summed E-state index contributed by atoms with van der Waals surface area (Å²) in [6.07, 6.45) is 3.43. The zero-order valence-corrected chi connectivity index (χ0v) is 18.5. The van der Waals surface area contributed by atoms with Crippen LogP contribution in [0.3, 0.4) is 0 Å². The Morgan fingerprint density at radius 3 is 2.60 bits per heavy atom. The molecule has 0 aliphatic carbocycles. The van der Waals surface area contributed by atoms with Crippen molar-refractivity contribution in [2.24, 2.45) is 5.73 Å². The Morgan fingerprint density at radius 1 is 1.30 bits per heavy atom. The number of aromatic hydroxyl groups is 1. The van der Waals surface area contributed by atoms with Gasteiger partial charge in [-0.1, -0.05) is 29.3 Å². The number of benzene rings is 1. The first-order chi connectivity index (χ1) is 14.3. The van der Waals surface area contributed by atoms with E-state index in [4.69, 9.17) is 33.9 Å². The van der Waals surface area contributed by atoms with Crippen LogP contribution in [0.1, 0.15) is 37.1 Å². The number of likely N-dealkylation sites (tertiary alicyclic amines) is 1. The molecule has 1 amide bonds. The highest BCUT2D eigenvalue weighted by molar-refractivity contribution is 6.36. The Bertz CT molecular complexity index is 1130. The molecule has 30 heavy (non-hydrogen) atoms. The predicted octanol–water partition coefficient (Wildman–Crippen LogP) is 4.67. The van der Waals surface area contributed by atoms with Gasteiger partial charge in [0, 0.05) is 65.7 Å². The molecule has 1 aliphatic rings. The summed E-state index contributed by atoms with van der Waals surface area (Å²) in [5.74, 6) is 0.231. The molecular weight excluding hydrogens is 423 g/mol. The van der Waals surface area contributed by atoms with Crippen molar-refractivity contribution in [2.75, 3.05) is 13.1 Å². The molecule has 6 nitrogen and oxygen atoms in total. The van der Waals surface area contributed by atoms with E-state index < -0.39 is 0 Å². The van der Waals surface area contributed by atoms with Crippen LogP contribution in [0.15, 0.2) is 24.4 Å². The molecule has 0 bridgehead atoms. The zero-order chi connectivity index (χ0) is 21.6. The van der Waals surface area contributed by atoms with Crippen LogP contribution in [-0.2, 0) is 11.3 Å². The molecule has 4 rings (SSSR count). The molecular formula is C22H24Cl2N4O2. The van der Waals surface area contributed by atoms with Crippen LogP contribution < -0.4 is 5.73 Å². The molecule has 0 radical (unpaired) electrons. The number of piperidine rings is 1. The number of rotatable bonds is 3. The average Bonchev–Trinajstić information content (AvgIpc) is 3.03. The zero-order valence-electron chi connectivity index (χ0n) is 17.0. The number of nitrogens with two attached hydrogens (primary N) is 1. The maximum Gasteiger partial charge on any atom is 0.219 e. The number of fused-ring (bicyclic) bond motifs is 1. The molecule has 3 aromatic rings. The number of aryl methyl sites for hydroxylation is 1. The van der Waals surface area contributed by atoms with Crippen LogP contribution in [0.4, 0.5) is 0 Å². The molecule has 8 heteroatoms. The summed E-state index contributed by atoms with van der Waals surface area (Å²) < 4.78 is 1.88. The molecule has 0 atom stereocenters. The number of nitrogens with zero attached hydrogens (tertiary/aromatic N) is 3. The number of carbonyl (C=O) groups is 1. The lowest BCUT2D eigenvalue weighted by atomic mass is 9.95. The monoisotopic (exact) mass is 446 g/mol. The Balaban J connectivity index is 1.88. The first-order valence-electron chi connectivity index (χ1n) is 9.95. The van der Waals surface area contributed by atoms with Crippen LogP contribution in [0.25, 0.3) is 22.0 Å². The van der Waals surface area contributed by atoms with Crippen molar-refractivity contribution in [3.8, 4) is 17.0 Å². The maximum atomic E-state index is 11.6. The summed E-state index contributed by atoms with van der Waals surface area (Å²) >= 11 is 12.6. The van der Waals surface area contributed by atoms with Gasteiger partial charge in [-0.05, 0) is 37.5 Å². The molecule has 2 aromatic heterocycles. The van der Waals surface area contributed by atoms with Gasteiger partial charge in [0.05, 0.1) is 10.9 Å². The van der Waals surface area contributed by atoms with Crippen molar-refractivity contribution in [1.29, 1.82) is 0 Å². The van der Waals surface area contributed by atoms with E-state index in [2.05, 4.69) is 0 Å². The molecule has 1 fully saturated rings. The fourth-order valence-electron chi connectivity index (χ4n) is 4.38. The highest BCUT2D eigenvalue weighted by Gasteiger charge is 2.27. The van der Waals surface area contributed by atoms with Gasteiger partial charge in [0.1, 0.15) is 0 Å². The Morgan fingerprint density at radius 2 is 2.00 bits per heavy atom. The third kappa shape index (κ3) is 3.53. The molecule has 1 aliphatic heterocycles. The minimum absolute atomic E-state index is 0.0832. The van der Waals surface area contributed by atoms with Crippen molar-refractivity contribution in [1.82, 2.24) is 14.5 Å². The van der Waals surface area contributed by atoms with Crippen LogP contribution in [0.5, 0.6) is 5.88 Å². The average molecular weight is 447 g/mol. The van der Waals surface area contributed by atoms with Gasteiger partial charge in [0.15, 0.2) is 0 Å². The first-order valence-corrected chi connectivity index (χ1v) is 10.7. The third-order valence-corrected chi connectivity index (χ3v) is 6.52. The van der Waals surface area contributed by atoms with Gasteiger partial charge in [0.2, 0.25) is 11.8 Å². The minimum Gasteiger partial charge on any atom is -0.494 e. The number of halogens is 2. The van der Waals surface area contributed by atoms with Gasteiger partial charge < -0.3 is 20.3 Å². The summed E-state index contributed by atoms with van der Waals surface area (Å²) in [6.45, 7) is 5.11. The van der Waals surface area contributed by atoms with E-state index in [0.29, 0.717) is 34.0 Å². The lowest BCUT2D eigenvalue weighted by Gasteiger charge is -2.32. The quantitative estimate of drug-likeness (QED) is 0.612. The van der Waals surface area contributed by atoms with E-state index in [-0.39, 0.29) is 24.4 Å². The predicted molar refractivity (Wildman–Crippen MR) is 120 cm³/mol. The number of aromatic nitrogens is 2. The Kier molecular flexibility index (Phi) is 5.66. The van der Waals surface area contributed by atoms with Crippen LogP contribution in [-0.4, -0.2) is 38.6 Å². The maximum absolute atomic E-state index is 11.6. The largest absolute Gasteiger partial charge is 0.494 e. The lowest BCUT2D eigenvalue weighted by molar-refractivity contribution is -0.130. The number of hydrogen-bond donors (Lipinski definition) is 2. The number of carbonyl (C=O) groups excluding carboxylic acids is 1. The summed E-state index contributed by atoms with van der Waals surface area (Å²) in [5, 5.41) is 12.9. The van der Waals surface area contributed by atoms with Crippen LogP contribution >= 0.6 is 23.2 Å². The van der Waals surface area contributed by atoms with Crippen LogP contribution in [0, 0.1) is 6.92 Å². The van der Waals surface area contributed by atoms with Crippen molar-refractivity contribution in [2.45, 2.75) is 39.3 Å². The Labute approximate surface area is 185 Å². The molecule has 0 saturated carbocycles. The number of amides is 1. The normalized spacial score (nSPS) is 15.2. The second-order valence-electron chi connectivity index (χ2n) is 7.74. The summed E-state index contributed by atoms with van der Waals surface area (Å²) in [4.78, 5) is 18.2. The van der Waals surface area contributed by atoms with Gasteiger partial charge in [-0.3, -0.25) is 9.78 Å². The fraction of sp³-hybridized carbons (Fsp3) is 0.364. The standard InChI is InChI=1S/C22H24Cl2N4O2/c1-12-17(10-25)20(16-4-3-14(23)9-18(16)24)21-19(26-12)11-28(22(21)30)15-5-7-27(8-6-15)13(2)29/h3-4,9,11,15,30H,5-8,10,25H2,1-2H3. The van der Waals surface area contributed by atoms with E-state index in [1.807, 2.05) is 28.7 Å². The second kappa shape index (κ2) is 8.10. The van der Waals surface area contributed by atoms with E-state index >= 15 is 0 Å². The van der Waals surface area contributed by atoms with Gasteiger partial charge >= 0.3 is 0 Å². The van der Waals surface area contributed by atoms with E-state index in [1.54, 1.807) is 19.1 Å². The molecule has 3 heterocycles. The van der Waals surface area contributed by atoms with Crippen molar-refractivity contribution in [3.63, 3.8) is 0 Å². The molecule has 1 saturated heterocycles. The summed E-state index contributed by atoms with van der Waals surface area (Å²) in [6, 6.07) is 5.40. The fourth-order valence-corrected chi connectivity index (χ4v) is 4.89. The van der Waals surface area contributed by atoms with E-state index in [0.717, 1.165) is 35.2 Å². The van der Waals surface area contributed by atoms with E-state index in [1.165, 1.54) is 0 Å². The van der Waals surface area contributed by atoms with Gasteiger partial charge in [-0.2, -0.15) is 0 Å². The number of pyridine rings is 1. The topological polar surface area (TPSA) is 84.4 Å². The van der Waals surface area contributed by atoms with Crippen molar-refractivity contribution < 1.29 is 9.90 Å². The summed E-state index contributed by atoms with van der Waals surface area (Å²) in [5.41, 5.74) is 9.95. The minimum atomic E-state index is 0.0832. The van der Waals surface area contributed by atoms with E-state index in [9.17, 15) is 9.90 Å². The highest BCUT2D eigenvalue weighted by Crippen LogP contribution is 2.43. The number of hydrogen-bond acceptors (Lipinski definition) is 4. The highest BCUT2D eigenvalue weighted by atomic mass is 35.5. The van der Waals surface area contributed by atoms with Gasteiger partial charge in [-0.15, -0.1) is 0 Å². The molecule has 0 spiro atoms. The van der Waals surface area contributed by atoms with Gasteiger partial charge in [0.25, 0.3) is 0 Å². The smallest absolute Gasteiger partial charge is 0.219 e. The first kappa shape index (κ1) is 21.0. The lowest BCUT2D eigenvalue weighted by Crippen LogP contribution is -2.37. The third-order valence-electron chi connectivity index (χ3n) is 5.97. The van der Waals surface area contributed by atoms with Crippen molar-refractivity contribution in [3.05, 3.63) is 45.7 Å². The molecule has 0 unspecified atom stereocenters. The van der Waals surface area contributed by atoms with Crippen LogP contribution in [0.2, 0.25) is 10.0 Å². The molecule has 3 N–H and O–H groups in total. The Hall–Kier alpha value is -2.28. The molecule has 158 valence electrons. The SMILES string of the molecule is CC(=O)N1CCC(n2cc3nc(C)c(CN)c(-c4ccc(Cl)cc4Cl)c3c2O)CC1. The summed E-state index contributed by atoms with van der Waals surface area (Å²) in [7, 11) is 0. The van der Waals surface area contributed by atoms with Gasteiger partial charge in [-0.25, -0.2) is 0 Å². The second-order valence-corrected chi connectivity index (χ2v) is 8.58. The van der Waals surface area contributed by atoms with Crippen molar-refractivity contribution >= 4 is 40.0 Å². The molecule has 1 aromatic carbocycles.